The van der Waals surface area contributed by atoms with Crippen LogP contribution in [-0.4, -0.2) is 41.5 Å². The summed E-state index contributed by atoms with van der Waals surface area (Å²) in [6.07, 6.45) is 0.644. The van der Waals surface area contributed by atoms with Gasteiger partial charge in [-0.3, -0.25) is 0 Å². The number of aliphatic carboxylic acids is 1. The first-order valence-corrected chi connectivity index (χ1v) is 10.4. The van der Waals surface area contributed by atoms with Crippen molar-refractivity contribution >= 4 is 23.7 Å². The van der Waals surface area contributed by atoms with Crippen LogP contribution >= 0.6 is 0 Å². The second kappa shape index (κ2) is 13.4. The van der Waals surface area contributed by atoms with Crippen molar-refractivity contribution in [2.24, 2.45) is 21.7 Å². The Balaban J connectivity index is 1.79. The summed E-state index contributed by atoms with van der Waals surface area (Å²) in [5.41, 5.74) is 13.1. The lowest BCUT2D eigenvalue weighted by atomic mass is 10.1. The zero-order valence-corrected chi connectivity index (χ0v) is 18.4. The summed E-state index contributed by atoms with van der Waals surface area (Å²) < 4.78 is 10.8. The number of alkyl carbamates (subject to hydrolysis) is 1. The van der Waals surface area contributed by atoms with Gasteiger partial charge in [-0.25, -0.2) is 9.59 Å². The molecule has 0 bridgehead atoms. The number of carboxylic acids is 1. The Hall–Kier alpha value is -4.08. The second-order valence-corrected chi connectivity index (χ2v) is 7.24. The van der Waals surface area contributed by atoms with E-state index >= 15 is 0 Å². The minimum atomic E-state index is -1.17. The van der Waals surface area contributed by atoms with E-state index in [0.717, 1.165) is 16.8 Å². The highest BCUT2D eigenvalue weighted by Crippen LogP contribution is 2.15. The van der Waals surface area contributed by atoms with Gasteiger partial charge in [0.2, 0.25) is 5.96 Å². The number of benzene rings is 2. The van der Waals surface area contributed by atoms with E-state index in [1.54, 1.807) is 6.07 Å². The molecule has 0 aliphatic heterocycles. The molecule has 0 saturated carbocycles. The smallest absolute Gasteiger partial charge is 0.408 e. The predicted octanol–water partition coefficient (Wildman–Crippen LogP) is 2.42. The summed E-state index contributed by atoms with van der Waals surface area (Å²) in [5.74, 6) is -0.662. The van der Waals surface area contributed by atoms with Gasteiger partial charge in [0.15, 0.2) is 0 Å². The Morgan fingerprint density at radius 2 is 1.79 bits per heavy atom. The molecule has 2 aromatic rings. The van der Waals surface area contributed by atoms with Crippen LogP contribution in [0.2, 0.25) is 0 Å². The van der Waals surface area contributed by atoms with Gasteiger partial charge in [-0.15, -0.1) is 5.10 Å². The number of nitrogens with zero attached hydrogens (tertiary/aromatic N) is 2. The molecule has 0 aromatic heterocycles. The zero-order chi connectivity index (χ0) is 24.1. The molecular weight excluding hydrogens is 426 g/mol. The molecular formula is C23H29N5O5. The molecule has 33 heavy (non-hydrogen) atoms. The first kappa shape index (κ1) is 25.2. The van der Waals surface area contributed by atoms with Crippen molar-refractivity contribution in [2.75, 3.05) is 6.61 Å². The summed E-state index contributed by atoms with van der Waals surface area (Å²) in [6.45, 7) is 1.99. The highest BCUT2D eigenvalue weighted by atomic mass is 16.5. The Kier molecular flexibility index (Phi) is 10.2. The van der Waals surface area contributed by atoms with Gasteiger partial charge >= 0.3 is 12.1 Å². The lowest BCUT2D eigenvalue weighted by molar-refractivity contribution is -0.139. The molecule has 0 radical (unpaired) electrons. The van der Waals surface area contributed by atoms with E-state index in [1.807, 2.05) is 55.5 Å². The lowest BCUT2D eigenvalue weighted by Gasteiger charge is -2.15. The highest BCUT2D eigenvalue weighted by Gasteiger charge is 2.20. The fraction of sp³-hybridized carbons (Fsp3) is 0.304. The summed E-state index contributed by atoms with van der Waals surface area (Å²) in [6, 6.07) is 15.4. The van der Waals surface area contributed by atoms with E-state index in [-0.39, 0.29) is 25.6 Å². The molecule has 0 aliphatic rings. The molecule has 0 fully saturated rings. The number of ether oxygens (including phenoxy) is 2. The molecule has 2 rings (SSSR count). The van der Waals surface area contributed by atoms with E-state index in [0.29, 0.717) is 18.6 Å². The Morgan fingerprint density at radius 1 is 1.06 bits per heavy atom. The third-order valence-corrected chi connectivity index (χ3v) is 4.49. The van der Waals surface area contributed by atoms with E-state index in [1.165, 1.54) is 0 Å². The van der Waals surface area contributed by atoms with Gasteiger partial charge in [-0.05, 0) is 43.0 Å². The zero-order valence-electron chi connectivity index (χ0n) is 18.4. The van der Waals surface area contributed by atoms with E-state index in [4.69, 9.17) is 20.9 Å². The van der Waals surface area contributed by atoms with Crippen LogP contribution in [0.4, 0.5) is 4.79 Å². The Bertz CT molecular complexity index is 974. The number of hydrogen-bond donors (Lipinski definition) is 4. The lowest BCUT2D eigenvalue weighted by Crippen LogP contribution is -2.42. The molecule has 0 unspecified atom stereocenters. The molecule has 0 saturated heterocycles. The maximum Gasteiger partial charge on any atom is 0.408 e. The van der Waals surface area contributed by atoms with Crippen LogP contribution in [-0.2, 0) is 22.6 Å². The Morgan fingerprint density at radius 3 is 2.48 bits per heavy atom. The molecule has 176 valence electrons. The molecule has 6 N–H and O–H groups in total. The standard InChI is InChI=1S/C23H29N5O5/c1-16(27-28-22(24)25)10-11-17-8-5-9-19(14-17)32-13-12-20(21(29)30)26-23(31)33-15-18-6-3-2-4-7-18/h2-9,14,20H,10-13,15H2,1H3,(H,26,31)(H,29,30)(H4,24,25,28)/t20-/m0/s1. The average Bonchev–Trinajstić information content (AvgIpc) is 2.80. The van der Waals surface area contributed by atoms with Gasteiger partial charge in [0.25, 0.3) is 0 Å². The van der Waals surface area contributed by atoms with Crippen molar-refractivity contribution in [1.82, 2.24) is 5.32 Å². The third-order valence-electron chi connectivity index (χ3n) is 4.49. The average molecular weight is 456 g/mol. The van der Waals surface area contributed by atoms with Crippen LogP contribution in [0.5, 0.6) is 5.75 Å². The number of carboxylic acid groups (broad SMARTS) is 1. The van der Waals surface area contributed by atoms with Crippen molar-refractivity contribution in [2.45, 2.75) is 38.8 Å². The van der Waals surface area contributed by atoms with Crippen molar-refractivity contribution in [3.63, 3.8) is 0 Å². The van der Waals surface area contributed by atoms with Gasteiger partial charge in [-0.2, -0.15) is 5.10 Å². The monoisotopic (exact) mass is 455 g/mol. The molecule has 0 aliphatic carbocycles. The van der Waals surface area contributed by atoms with Crippen molar-refractivity contribution in [3.8, 4) is 5.75 Å². The van der Waals surface area contributed by atoms with Crippen LogP contribution in [0.1, 0.15) is 30.9 Å². The number of carbonyl (C=O) groups excluding carboxylic acids is 1. The molecule has 2 aromatic carbocycles. The normalized spacial score (nSPS) is 11.8. The SMILES string of the molecule is CC(CCc1cccc(OCC[C@H](NC(=O)OCc2ccccc2)C(=O)O)c1)=NN=C(N)N. The van der Waals surface area contributed by atoms with Crippen LogP contribution in [0.15, 0.2) is 64.8 Å². The maximum atomic E-state index is 12.0. The third kappa shape index (κ3) is 10.2. The first-order chi connectivity index (χ1) is 15.8. The number of aryl methyl sites for hydroxylation is 1. The molecule has 0 heterocycles. The highest BCUT2D eigenvalue weighted by molar-refractivity contribution is 5.83. The van der Waals surface area contributed by atoms with Crippen LogP contribution in [0.3, 0.4) is 0 Å². The molecule has 1 atom stereocenters. The number of rotatable bonds is 12. The van der Waals surface area contributed by atoms with Crippen LogP contribution in [0, 0.1) is 0 Å². The fourth-order valence-electron chi connectivity index (χ4n) is 2.77. The molecule has 0 spiro atoms. The second-order valence-electron chi connectivity index (χ2n) is 7.24. The number of nitrogens with one attached hydrogen (secondary N) is 1. The minimum absolute atomic E-state index is 0.0540. The number of guanidine groups is 1. The topological polar surface area (TPSA) is 162 Å². The minimum Gasteiger partial charge on any atom is -0.493 e. The van der Waals surface area contributed by atoms with Crippen molar-refractivity contribution in [3.05, 3.63) is 65.7 Å². The summed E-state index contributed by atoms with van der Waals surface area (Å²) in [4.78, 5) is 23.4. The number of carbonyl (C=O) groups is 2. The van der Waals surface area contributed by atoms with Gasteiger partial charge in [0.1, 0.15) is 18.4 Å². The fourth-order valence-corrected chi connectivity index (χ4v) is 2.77. The van der Waals surface area contributed by atoms with Gasteiger partial charge in [0.05, 0.1) is 6.61 Å². The largest absolute Gasteiger partial charge is 0.493 e. The number of hydrogen-bond acceptors (Lipinski definition) is 6. The number of amides is 1. The van der Waals surface area contributed by atoms with Crippen LogP contribution in [0.25, 0.3) is 0 Å². The van der Waals surface area contributed by atoms with Crippen LogP contribution < -0.4 is 21.5 Å². The quantitative estimate of drug-likeness (QED) is 0.217. The predicted molar refractivity (Wildman–Crippen MR) is 125 cm³/mol. The van der Waals surface area contributed by atoms with Gasteiger partial charge in [0, 0.05) is 12.1 Å². The van der Waals surface area contributed by atoms with Crippen molar-refractivity contribution < 1.29 is 24.2 Å². The first-order valence-electron chi connectivity index (χ1n) is 10.4. The molecule has 1 amide bonds. The summed E-state index contributed by atoms with van der Waals surface area (Å²) in [5, 5.41) is 19.3. The van der Waals surface area contributed by atoms with E-state index < -0.39 is 18.1 Å². The Labute approximate surface area is 192 Å². The van der Waals surface area contributed by atoms with Gasteiger partial charge in [-0.1, -0.05) is 42.5 Å². The molecule has 10 nitrogen and oxygen atoms in total. The van der Waals surface area contributed by atoms with E-state index in [9.17, 15) is 14.7 Å². The van der Waals surface area contributed by atoms with E-state index in [2.05, 4.69) is 15.5 Å². The van der Waals surface area contributed by atoms with Gasteiger partial charge < -0.3 is 31.4 Å². The van der Waals surface area contributed by atoms with Crippen molar-refractivity contribution in [1.29, 1.82) is 0 Å². The summed E-state index contributed by atoms with van der Waals surface area (Å²) >= 11 is 0. The maximum absolute atomic E-state index is 12.0. The molecule has 10 heteroatoms. The number of nitrogens with two attached hydrogens (primary N) is 2. The summed E-state index contributed by atoms with van der Waals surface area (Å²) in [7, 11) is 0.